The van der Waals surface area contributed by atoms with Crippen LogP contribution in [0, 0.1) is 4.77 Å². The number of nitrogens with one attached hydrogen (secondary N) is 1. The fraction of sp³-hybridized carbons (Fsp3) is 0.182. The molecule has 92 valence electrons. The molecular weight excluding hydrogens is 250 g/mol. The van der Waals surface area contributed by atoms with Crippen molar-refractivity contribution in [3.8, 4) is 11.6 Å². The summed E-state index contributed by atoms with van der Waals surface area (Å²) in [7, 11) is 3.44. The van der Waals surface area contributed by atoms with Crippen LogP contribution in [0.5, 0.6) is 5.88 Å². The van der Waals surface area contributed by atoms with E-state index in [0.29, 0.717) is 10.7 Å². The molecule has 3 heterocycles. The van der Waals surface area contributed by atoms with Gasteiger partial charge in [0.05, 0.1) is 24.5 Å². The lowest BCUT2D eigenvalue weighted by molar-refractivity contribution is 0.399. The van der Waals surface area contributed by atoms with Gasteiger partial charge >= 0.3 is 0 Å². The molecular formula is C11H11N5OS. The Balaban J connectivity index is 2.33. The Hall–Kier alpha value is -2.15. The summed E-state index contributed by atoms with van der Waals surface area (Å²) in [5.41, 5.74) is 2.46. The number of hydrogen-bond acceptors (Lipinski definition) is 4. The van der Waals surface area contributed by atoms with Gasteiger partial charge in [-0.15, -0.1) is 0 Å². The van der Waals surface area contributed by atoms with Crippen molar-refractivity contribution in [3.63, 3.8) is 0 Å². The molecule has 6 nitrogen and oxygen atoms in total. The number of ether oxygens (including phenoxy) is 1. The standard InChI is InChI=1S/C11H11N5OS/c1-15-6-7(5-12-15)16-10-8(13-11(16)18)3-4-9(14-10)17-2/h3-6H,1-2H3,(H,13,18). The zero-order valence-electron chi connectivity index (χ0n) is 9.91. The summed E-state index contributed by atoms with van der Waals surface area (Å²) in [6, 6.07) is 3.69. The number of hydrogen-bond donors (Lipinski definition) is 1. The lowest BCUT2D eigenvalue weighted by Gasteiger charge is -2.01. The average molecular weight is 261 g/mol. The quantitative estimate of drug-likeness (QED) is 0.715. The molecule has 0 amide bonds. The summed E-state index contributed by atoms with van der Waals surface area (Å²) in [5, 5.41) is 4.14. The highest BCUT2D eigenvalue weighted by Crippen LogP contribution is 2.20. The van der Waals surface area contributed by atoms with Crippen LogP contribution in [-0.2, 0) is 7.05 Å². The molecule has 0 fully saturated rings. The van der Waals surface area contributed by atoms with Crippen LogP contribution in [0.25, 0.3) is 16.9 Å². The van der Waals surface area contributed by atoms with Crippen LogP contribution in [-0.4, -0.2) is 31.4 Å². The van der Waals surface area contributed by atoms with Gasteiger partial charge in [-0.1, -0.05) is 0 Å². The zero-order valence-corrected chi connectivity index (χ0v) is 10.7. The number of H-pyrrole nitrogens is 1. The summed E-state index contributed by atoms with van der Waals surface area (Å²) in [6.45, 7) is 0. The smallest absolute Gasteiger partial charge is 0.215 e. The highest BCUT2D eigenvalue weighted by molar-refractivity contribution is 7.71. The monoisotopic (exact) mass is 261 g/mol. The Morgan fingerprint density at radius 2 is 2.22 bits per heavy atom. The number of rotatable bonds is 2. The molecule has 0 aliphatic heterocycles. The van der Waals surface area contributed by atoms with Gasteiger partial charge in [-0.2, -0.15) is 10.1 Å². The maximum atomic E-state index is 5.31. The van der Waals surface area contributed by atoms with E-state index in [1.807, 2.05) is 23.9 Å². The van der Waals surface area contributed by atoms with Crippen LogP contribution in [0.1, 0.15) is 0 Å². The number of aromatic nitrogens is 5. The summed E-state index contributed by atoms with van der Waals surface area (Å²) >= 11 is 5.31. The second-order valence-electron chi connectivity index (χ2n) is 3.86. The number of nitrogens with zero attached hydrogens (tertiary/aromatic N) is 4. The fourth-order valence-corrected chi connectivity index (χ4v) is 2.15. The molecule has 0 aliphatic carbocycles. The molecule has 18 heavy (non-hydrogen) atoms. The molecule has 3 aromatic rings. The number of methoxy groups -OCH3 is 1. The molecule has 0 aromatic carbocycles. The van der Waals surface area contributed by atoms with Crippen LogP contribution in [0.15, 0.2) is 24.5 Å². The molecule has 3 aromatic heterocycles. The van der Waals surface area contributed by atoms with Crippen LogP contribution in [0.4, 0.5) is 0 Å². The van der Waals surface area contributed by atoms with Gasteiger partial charge in [0.15, 0.2) is 10.4 Å². The Morgan fingerprint density at radius 1 is 1.39 bits per heavy atom. The average Bonchev–Trinajstić information content (AvgIpc) is 2.90. The molecule has 0 aliphatic rings. The summed E-state index contributed by atoms with van der Waals surface area (Å²) in [6.07, 6.45) is 3.62. The van der Waals surface area contributed by atoms with E-state index in [4.69, 9.17) is 17.0 Å². The molecule has 0 radical (unpaired) electrons. The minimum atomic E-state index is 0.550. The first-order valence-electron chi connectivity index (χ1n) is 5.34. The lowest BCUT2D eigenvalue weighted by Crippen LogP contribution is -1.95. The Kier molecular flexibility index (Phi) is 2.41. The van der Waals surface area contributed by atoms with Gasteiger partial charge in [-0.25, -0.2) is 0 Å². The summed E-state index contributed by atoms with van der Waals surface area (Å²) in [4.78, 5) is 7.51. The molecule has 0 saturated heterocycles. The van der Waals surface area contributed by atoms with Crippen molar-refractivity contribution in [3.05, 3.63) is 29.3 Å². The number of pyridine rings is 1. The van der Waals surface area contributed by atoms with Gasteiger partial charge in [0.25, 0.3) is 0 Å². The predicted molar refractivity (Wildman–Crippen MR) is 69.6 cm³/mol. The van der Waals surface area contributed by atoms with Crippen LogP contribution in [0.3, 0.4) is 0 Å². The van der Waals surface area contributed by atoms with Gasteiger partial charge in [-0.3, -0.25) is 9.25 Å². The fourth-order valence-electron chi connectivity index (χ4n) is 1.84. The third-order valence-corrected chi connectivity index (χ3v) is 2.95. The first-order chi connectivity index (χ1) is 8.69. The van der Waals surface area contributed by atoms with E-state index >= 15 is 0 Å². The van der Waals surface area contributed by atoms with Gasteiger partial charge < -0.3 is 9.72 Å². The predicted octanol–water partition coefficient (Wildman–Crippen LogP) is 1.83. The van der Waals surface area contributed by atoms with Crippen molar-refractivity contribution in [2.75, 3.05) is 7.11 Å². The Morgan fingerprint density at radius 3 is 2.89 bits per heavy atom. The van der Waals surface area contributed by atoms with E-state index in [2.05, 4.69) is 15.1 Å². The van der Waals surface area contributed by atoms with Crippen LogP contribution >= 0.6 is 12.2 Å². The third kappa shape index (κ3) is 1.60. The molecule has 0 saturated carbocycles. The number of imidazole rings is 1. The van der Waals surface area contributed by atoms with E-state index < -0.39 is 0 Å². The van der Waals surface area contributed by atoms with E-state index in [9.17, 15) is 0 Å². The number of fused-ring (bicyclic) bond motifs is 1. The molecule has 3 rings (SSSR count). The highest BCUT2D eigenvalue weighted by atomic mass is 32.1. The van der Waals surface area contributed by atoms with Gasteiger partial charge in [0.1, 0.15) is 0 Å². The van der Waals surface area contributed by atoms with Crippen molar-refractivity contribution in [1.82, 2.24) is 24.3 Å². The Labute approximate surface area is 108 Å². The van der Waals surface area contributed by atoms with Crippen LogP contribution in [0.2, 0.25) is 0 Å². The van der Waals surface area contributed by atoms with Gasteiger partial charge in [0, 0.05) is 19.3 Å². The summed E-state index contributed by atoms with van der Waals surface area (Å²) < 4.78 is 9.27. The second-order valence-corrected chi connectivity index (χ2v) is 4.25. The number of aryl methyl sites for hydroxylation is 1. The Bertz CT molecular complexity index is 769. The van der Waals surface area contributed by atoms with E-state index in [0.717, 1.165) is 16.9 Å². The second kappa shape index (κ2) is 3.95. The molecule has 0 unspecified atom stereocenters. The minimum Gasteiger partial charge on any atom is -0.481 e. The lowest BCUT2D eigenvalue weighted by atomic mass is 10.4. The van der Waals surface area contributed by atoms with Crippen molar-refractivity contribution in [2.24, 2.45) is 7.05 Å². The first kappa shape index (κ1) is 11.0. The van der Waals surface area contributed by atoms with Gasteiger partial charge in [0.2, 0.25) is 5.88 Å². The molecule has 0 atom stereocenters. The summed E-state index contributed by atoms with van der Waals surface area (Å²) in [5.74, 6) is 0.550. The normalized spacial score (nSPS) is 11.0. The van der Waals surface area contributed by atoms with Gasteiger partial charge in [-0.05, 0) is 18.3 Å². The molecule has 1 N–H and O–H groups in total. The van der Waals surface area contributed by atoms with E-state index in [1.54, 1.807) is 24.1 Å². The SMILES string of the molecule is COc1ccc2[nH]c(=S)n(-c3cnn(C)c3)c2n1. The minimum absolute atomic E-state index is 0.550. The zero-order chi connectivity index (χ0) is 12.7. The maximum Gasteiger partial charge on any atom is 0.215 e. The third-order valence-electron chi connectivity index (χ3n) is 2.66. The van der Waals surface area contributed by atoms with Crippen molar-refractivity contribution in [2.45, 2.75) is 0 Å². The highest BCUT2D eigenvalue weighted by Gasteiger charge is 2.10. The number of aromatic amines is 1. The van der Waals surface area contributed by atoms with Crippen molar-refractivity contribution < 1.29 is 4.74 Å². The molecule has 7 heteroatoms. The molecule has 0 bridgehead atoms. The largest absolute Gasteiger partial charge is 0.481 e. The first-order valence-corrected chi connectivity index (χ1v) is 5.74. The van der Waals surface area contributed by atoms with Crippen molar-refractivity contribution in [1.29, 1.82) is 0 Å². The van der Waals surface area contributed by atoms with E-state index in [-0.39, 0.29) is 0 Å². The maximum absolute atomic E-state index is 5.31. The van der Waals surface area contributed by atoms with E-state index in [1.165, 1.54) is 0 Å². The van der Waals surface area contributed by atoms with Crippen molar-refractivity contribution >= 4 is 23.4 Å². The molecule has 0 spiro atoms. The van der Waals surface area contributed by atoms with Crippen LogP contribution < -0.4 is 4.74 Å². The topological polar surface area (TPSA) is 60.7 Å².